The van der Waals surface area contributed by atoms with Crippen LogP contribution in [-0.2, 0) is 28.8 Å². The maximum absolute atomic E-state index is 13.1. The number of hydrogen-bond acceptors (Lipinski definition) is 6. The summed E-state index contributed by atoms with van der Waals surface area (Å²) in [7, 11) is 0. The topological polar surface area (TPSA) is 191 Å². The molecule has 0 fully saturated rings. The zero-order chi connectivity index (χ0) is 30.1. The Morgan fingerprint density at radius 3 is 2.27 bits per heavy atom. The number of unbranched alkanes of at least 4 members (excludes halogenated alkanes) is 1. The molecule has 1 aromatic rings. The number of rotatable bonds is 18. The number of carboxylic acid groups (broad SMARTS) is 2. The Labute approximate surface area is 235 Å². The molecule has 4 amide bonds. The summed E-state index contributed by atoms with van der Waals surface area (Å²) in [5, 5.41) is 28.0. The van der Waals surface area contributed by atoms with Crippen molar-refractivity contribution < 1.29 is 43.4 Å². The van der Waals surface area contributed by atoms with E-state index in [1.54, 1.807) is 0 Å². The van der Waals surface area contributed by atoms with Crippen LogP contribution in [0.25, 0.3) is 6.08 Å². The molecule has 0 spiro atoms. The minimum absolute atomic E-state index is 0.0361. The first-order valence-electron chi connectivity index (χ1n) is 12.6. The summed E-state index contributed by atoms with van der Waals surface area (Å²) in [5.74, 6) is -4.75. The van der Waals surface area contributed by atoms with E-state index < -0.39 is 53.5 Å². The fourth-order valence-corrected chi connectivity index (χ4v) is 3.51. The molecule has 0 aliphatic heterocycles. The summed E-state index contributed by atoms with van der Waals surface area (Å²) in [6.07, 6.45) is 3.33. The molecule has 1 rings (SSSR count). The maximum Gasteiger partial charge on any atom is 0.326 e. The van der Waals surface area contributed by atoms with Gasteiger partial charge in [-0.25, -0.2) is 9.18 Å². The minimum atomic E-state index is -1.20. The lowest BCUT2D eigenvalue weighted by Gasteiger charge is -2.15. The second-order valence-electron chi connectivity index (χ2n) is 8.82. The Kier molecular flexibility index (Phi) is 15.6. The van der Waals surface area contributed by atoms with Gasteiger partial charge in [-0.15, -0.1) is 0 Å². The van der Waals surface area contributed by atoms with E-state index in [1.165, 1.54) is 25.1 Å². The number of aliphatic carboxylic acids is 2. The summed E-state index contributed by atoms with van der Waals surface area (Å²) in [6, 6.07) is 1.71. The van der Waals surface area contributed by atoms with Crippen LogP contribution in [0.15, 0.2) is 24.3 Å². The van der Waals surface area contributed by atoms with Crippen molar-refractivity contribution in [1.29, 1.82) is 0 Å². The third-order valence-electron chi connectivity index (χ3n) is 5.45. The summed E-state index contributed by atoms with van der Waals surface area (Å²) in [5.41, 5.74) is 0.428. The molecule has 12 nitrogen and oxygen atoms in total. The number of carbonyl (C=O) groups excluding carboxylic acids is 4. The van der Waals surface area contributed by atoms with Crippen LogP contribution in [0.1, 0.15) is 57.4 Å². The number of halogens is 2. The van der Waals surface area contributed by atoms with Crippen molar-refractivity contribution in [3.05, 3.63) is 40.7 Å². The third kappa shape index (κ3) is 14.8. The molecule has 1 aromatic carbocycles. The molecule has 2 unspecified atom stereocenters. The Hall–Kier alpha value is -4.00. The molecule has 0 aliphatic rings. The second-order valence-corrected chi connectivity index (χ2v) is 9.23. The molecule has 2 atom stereocenters. The van der Waals surface area contributed by atoms with Crippen LogP contribution in [0, 0.1) is 5.82 Å². The number of carboxylic acids is 2. The van der Waals surface area contributed by atoms with E-state index in [9.17, 15) is 38.3 Å². The third-order valence-corrected chi connectivity index (χ3v) is 5.78. The Balaban J connectivity index is 2.28. The molecule has 6 N–H and O–H groups in total. The number of nitrogens with one attached hydrogen (secondary N) is 4. The van der Waals surface area contributed by atoms with Gasteiger partial charge in [0.15, 0.2) is 0 Å². The molecule has 14 heteroatoms. The molecule has 220 valence electrons. The molecule has 0 bridgehead atoms. The Morgan fingerprint density at radius 1 is 0.925 bits per heavy atom. The van der Waals surface area contributed by atoms with Gasteiger partial charge in [-0.3, -0.25) is 24.0 Å². The van der Waals surface area contributed by atoms with Crippen LogP contribution >= 0.6 is 11.6 Å². The Bertz CT molecular complexity index is 1100. The first-order valence-corrected chi connectivity index (χ1v) is 13.0. The molecule has 0 aliphatic carbocycles. The predicted octanol–water partition coefficient (Wildman–Crippen LogP) is 1.61. The van der Waals surface area contributed by atoms with Gasteiger partial charge in [0.2, 0.25) is 23.6 Å². The first-order chi connectivity index (χ1) is 18.9. The zero-order valence-corrected chi connectivity index (χ0v) is 22.8. The Morgan fingerprint density at radius 2 is 1.62 bits per heavy atom. The van der Waals surface area contributed by atoms with Gasteiger partial charge in [0, 0.05) is 32.0 Å². The molecule has 0 aromatic heterocycles. The highest BCUT2D eigenvalue weighted by molar-refractivity contribution is 6.32. The van der Waals surface area contributed by atoms with Gasteiger partial charge in [0.25, 0.3) is 0 Å². The van der Waals surface area contributed by atoms with E-state index in [-0.39, 0.29) is 50.2 Å². The van der Waals surface area contributed by atoms with E-state index in [2.05, 4.69) is 21.3 Å². The van der Waals surface area contributed by atoms with Crippen LogP contribution in [0.3, 0.4) is 0 Å². The number of amides is 4. The van der Waals surface area contributed by atoms with E-state index >= 15 is 0 Å². The van der Waals surface area contributed by atoms with Gasteiger partial charge in [0.1, 0.15) is 17.9 Å². The van der Waals surface area contributed by atoms with E-state index in [0.29, 0.717) is 18.4 Å². The van der Waals surface area contributed by atoms with Crippen molar-refractivity contribution in [3.63, 3.8) is 0 Å². The fraction of sp³-hybridized carbons (Fsp3) is 0.462. The highest BCUT2D eigenvalue weighted by atomic mass is 35.5. The highest BCUT2D eigenvalue weighted by Gasteiger charge is 2.19. The van der Waals surface area contributed by atoms with Gasteiger partial charge in [0.05, 0.1) is 11.4 Å². The average Bonchev–Trinajstić information content (AvgIpc) is 2.88. The van der Waals surface area contributed by atoms with Gasteiger partial charge < -0.3 is 31.5 Å². The molecule has 0 radical (unpaired) electrons. The van der Waals surface area contributed by atoms with Crippen molar-refractivity contribution in [2.45, 2.75) is 64.0 Å². The van der Waals surface area contributed by atoms with Gasteiger partial charge >= 0.3 is 11.9 Å². The SMILES string of the molecule is CC(NC(=O)/C=C/c1ccc(F)cc1Cl)C(=O)NCCCC(=O)NC(CCCCNC(=O)CCC(=O)O)C(=O)O. The van der Waals surface area contributed by atoms with Gasteiger partial charge in [-0.1, -0.05) is 17.7 Å². The standard InChI is InChI=1S/C26H34ClFN4O8/c1-16(31-23(35)10-8-17-7-9-18(28)15-19(17)27)25(38)30-14-4-6-22(34)32-20(26(39)40)5-2-3-13-29-21(33)11-12-24(36)37/h7-10,15-16,20H,2-6,11-14H2,1H3,(H,29,33)(H,30,38)(H,31,35)(H,32,34)(H,36,37)(H,39,40)/b10-8+. The summed E-state index contributed by atoms with van der Waals surface area (Å²) >= 11 is 5.89. The van der Waals surface area contributed by atoms with Crippen LogP contribution in [0.4, 0.5) is 4.39 Å². The molecular weight excluding hydrogens is 551 g/mol. The number of hydrogen-bond donors (Lipinski definition) is 6. The summed E-state index contributed by atoms with van der Waals surface area (Å²) < 4.78 is 13.1. The van der Waals surface area contributed by atoms with Gasteiger partial charge in [-0.2, -0.15) is 0 Å². The lowest BCUT2D eigenvalue weighted by atomic mass is 10.1. The van der Waals surface area contributed by atoms with Crippen molar-refractivity contribution >= 4 is 53.2 Å². The predicted molar refractivity (Wildman–Crippen MR) is 144 cm³/mol. The minimum Gasteiger partial charge on any atom is -0.481 e. The molecule has 0 heterocycles. The van der Waals surface area contributed by atoms with Crippen LogP contribution in [0.2, 0.25) is 5.02 Å². The summed E-state index contributed by atoms with van der Waals surface area (Å²) in [4.78, 5) is 69.7. The first kappa shape index (κ1) is 34.0. The largest absolute Gasteiger partial charge is 0.481 e. The van der Waals surface area contributed by atoms with Crippen molar-refractivity contribution in [2.24, 2.45) is 0 Å². The lowest BCUT2D eigenvalue weighted by Crippen LogP contribution is -2.45. The molecule has 0 saturated carbocycles. The van der Waals surface area contributed by atoms with E-state index in [1.807, 2.05) is 0 Å². The quantitative estimate of drug-likeness (QED) is 0.111. The van der Waals surface area contributed by atoms with Gasteiger partial charge in [-0.05, 0) is 56.4 Å². The van der Waals surface area contributed by atoms with E-state index in [0.717, 1.165) is 12.1 Å². The molecule has 40 heavy (non-hydrogen) atoms. The van der Waals surface area contributed by atoms with E-state index in [4.69, 9.17) is 16.7 Å². The molecule has 0 saturated heterocycles. The monoisotopic (exact) mass is 584 g/mol. The number of carbonyl (C=O) groups is 6. The smallest absolute Gasteiger partial charge is 0.326 e. The average molecular weight is 585 g/mol. The van der Waals surface area contributed by atoms with Crippen molar-refractivity contribution in [2.75, 3.05) is 13.1 Å². The van der Waals surface area contributed by atoms with Crippen LogP contribution < -0.4 is 21.3 Å². The highest BCUT2D eigenvalue weighted by Crippen LogP contribution is 2.18. The normalized spacial score (nSPS) is 12.3. The maximum atomic E-state index is 13.1. The van der Waals surface area contributed by atoms with Crippen LogP contribution in [-0.4, -0.2) is 71.0 Å². The second kappa shape index (κ2) is 18.3. The van der Waals surface area contributed by atoms with Crippen molar-refractivity contribution in [3.8, 4) is 0 Å². The summed E-state index contributed by atoms with van der Waals surface area (Å²) in [6.45, 7) is 1.85. The molecular formula is C26H34ClFN4O8. The fourth-order valence-electron chi connectivity index (χ4n) is 3.28. The lowest BCUT2D eigenvalue weighted by molar-refractivity contribution is -0.142. The van der Waals surface area contributed by atoms with Crippen molar-refractivity contribution in [1.82, 2.24) is 21.3 Å². The zero-order valence-electron chi connectivity index (χ0n) is 22.0. The number of benzene rings is 1. The van der Waals surface area contributed by atoms with Crippen LogP contribution in [0.5, 0.6) is 0 Å².